The Morgan fingerprint density at radius 3 is 2.25 bits per heavy atom. The quantitative estimate of drug-likeness (QED) is 0.382. The van der Waals surface area contributed by atoms with Crippen LogP contribution in [0.2, 0.25) is 0 Å². The molecule has 0 aliphatic heterocycles. The molecule has 1 N–H and O–H groups in total. The minimum absolute atomic E-state index is 0.00569. The van der Waals surface area contributed by atoms with E-state index in [2.05, 4.69) is 4.72 Å². The Labute approximate surface area is 210 Å². The Hall–Kier alpha value is -4.11. The number of carbonyl (C=O) groups is 1. The van der Waals surface area contributed by atoms with Gasteiger partial charge in [-0.2, -0.15) is 5.10 Å². The third-order valence-electron chi connectivity index (χ3n) is 5.93. The van der Waals surface area contributed by atoms with Crippen LogP contribution in [0, 0.1) is 13.8 Å². The zero-order chi connectivity index (χ0) is 25.9. The molecule has 0 radical (unpaired) electrons. The fraction of sp³-hybridized carbons (Fsp3) is 0.185. The molecular formula is C27H27N3O5S. The second kappa shape index (κ2) is 10.2. The van der Waals surface area contributed by atoms with Crippen molar-refractivity contribution in [2.24, 2.45) is 0 Å². The number of aryl methyl sites for hydroxylation is 2. The highest BCUT2D eigenvalue weighted by atomic mass is 32.2. The van der Waals surface area contributed by atoms with Crippen LogP contribution in [0.3, 0.4) is 0 Å². The summed E-state index contributed by atoms with van der Waals surface area (Å²) in [6.07, 6.45) is 0. The average Bonchev–Trinajstić information content (AvgIpc) is 3.30. The minimum Gasteiger partial charge on any atom is -0.497 e. The van der Waals surface area contributed by atoms with Crippen molar-refractivity contribution in [1.29, 1.82) is 0 Å². The first-order chi connectivity index (χ1) is 17.2. The van der Waals surface area contributed by atoms with Gasteiger partial charge in [0.25, 0.3) is 15.9 Å². The monoisotopic (exact) mass is 505 g/mol. The Kier molecular flexibility index (Phi) is 7.12. The van der Waals surface area contributed by atoms with Crippen LogP contribution in [0.25, 0.3) is 11.3 Å². The second-order valence-electron chi connectivity index (χ2n) is 8.26. The van der Waals surface area contributed by atoms with Crippen molar-refractivity contribution in [3.05, 3.63) is 95.2 Å². The zero-order valence-corrected chi connectivity index (χ0v) is 21.3. The van der Waals surface area contributed by atoms with Gasteiger partial charge in [-0.05, 0) is 66.9 Å². The van der Waals surface area contributed by atoms with Crippen LogP contribution in [-0.2, 0) is 16.6 Å². The summed E-state index contributed by atoms with van der Waals surface area (Å²) in [4.78, 5) is 13.3. The van der Waals surface area contributed by atoms with Crippen molar-refractivity contribution < 1.29 is 22.7 Å². The molecule has 0 saturated carbocycles. The summed E-state index contributed by atoms with van der Waals surface area (Å²) >= 11 is 0. The second-order valence-corrected chi connectivity index (χ2v) is 9.94. The number of ether oxygens (including phenoxy) is 2. The number of nitrogens with zero attached hydrogens (tertiary/aromatic N) is 2. The third kappa shape index (κ3) is 5.11. The number of sulfonamides is 1. The van der Waals surface area contributed by atoms with E-state index in [1.807, 2.05) is 32.0 Å². The van der Waals surface area contributed by atoms with Crippen LogP contribution in [0.5, 0.6) is 11.5 Å². The van der Waals surface area contributed by atoms with Gasteiger partial charge in [0.05, 0.1) is 31.4 Å². The van der Waals surface area contributed by atoms with E-state index in [1.165, 1.54) is 16.8 Å². The highest BCUT2D eigenvalue weighted by Gasteiger charge is 2.24. The fourth-order valence-corrected chi connectivity index (χ4v) is 4.93. The van der Waals surface area contributed by atoms with Crippen molar-refractivity contribution >= 4 is 15.9 Å². The van der Waals surface area contributed by atoms with Gasteiger partial charge in [-0.1, -0.05) is 36.4 Å². The molecule has 36 heavy (non-hydrogen) atoms. The van der Waals surface area contributed by atoms with Crippen LogP contribution in [-0.4, -0.2) is 38.3 Å². The molecule has 4 rings (SSSR count). The number of aromatic nitrogens is 2. The van der Waals surface area contributed by atoms with Gasteiger partial charge < -0.3 is 9.47 Å². The summed E-state index contributed by atoms with van der Waals surface area (Å²) in [6, 6.07) is 20.5. The molecule has 0 unspecified atom stereocenters. The maximum Gasteiger partial charge on any atom is 0.283 e. The van der Waals surface area contributed by atoms with Gasteiger partial charge in [0, 0.05) is 5.56 Å². The first-order valence-corrected chi connectivity index (χ1v) is 12.7. The minimum atomic E-state index is -4.08. The lowest BCUT2D eigenvalue weighted by Crippen LogP contribution is -2.32. The number of hydrogen-bond acceptors (Lipinski definition) is 6. The molecule has 186 valence electrons. The molecule has 0 atom stereocenters. The molecule has 0 aliphatic rings. The van der Waals surface area contributed by atoms with Crippen LogP contribution in [0.1, 0.15) is 27.2 Å². The predicted molar refractivity (Wildman–Crippen MR) is 137 cm³/mol. The summed E-state index contributed by atoms with van der Waals surface area (Å²) in [5.74, 6) is 0.342. The van der Waals surface area contributed by atoms with Crippen LogP contribution < -0.4 is 14.2 Å². The van der Waals surface area contributed by atoms with Gasteiger partial charge in [0.15, 0.2) is 0 Å². The number of hydrogen-bond donors (Lipinski definition) is 1. The average molecular weight is 506 g/mol. The van der Waals surface area contributed by atoms with Crippen molar-refractivity contribution in [3.8, 4) is 22.8 Å². The van der Waals surface area contributed by atoms with Crippen LogP contribution in [0.4, 0.5) is 0 Å². The van der Waals surface area contributed by atoms with Crippen molar-refractivity contribution in [1.82, 2.24) is 14.5 Å². The molecule has 9 heteroatoms. The topological polar surface area (TPSA) is 99.5 Å². The summed E-state index contributed by atoms with van der Waals surface area (Å²) in [7, 11) is -0.983. The smallest absolute Gasteiger partial charge is 0.283 e. The number of carbonyl (C=O) groups excluding carboxylic acids is 1. The Morgan fingerprint density at radius 1 is 0.917 bits per heavy atom. The van der Waals surface area contributed by atoms with E-state index >= 15 is 0 Å². The molecule has 0 spiro atoms. The molecular weight excluding hydrogens is 478 g/mol. The molecule has 0 saturated heterocycles. The van der Waals surface area contributed by atoms with E-state index in [1.54, 1.807) is 56.7 Å². The van der Waals surface area contributed by atoms with E-state index in [0.717, 1.165) is 16.7 Å². The first-order valence-electron chi connectivity index (χ1n) is 11.2. The van der Waals surface area contributed by atoms with Crippen molar-refractivity contribution in [2.45, 2.75) is 25.3 Å². The van der Waals surface area contributed by atoms with E-state index < -0.39 is 15.9 Å². The zero-order valence-electron chi connectivity index (χ0n) is 20.5. The Balaban J connectivity index is 1.81. The maximum atomic E-state index is 13.3. The highest BCUT2D eigenvalue weighted by molar-refractivity contribution is 7.90. The molecule has 1 aromatic heterocycles. The van der Waals surface area contributed by atoms with Crippen molar-refractivity contribution in [3.63, 3.8) is 0 Å². The molecule has 1 heterocycles. The maximum absolute atomic E-state index is 13.3. The van der Waals surface area contributed by atoms with Gasteiger partial charge in [-0.25, -0.2) is 13.1 Å². The van der Waals surface area contributed by atoms with Crippen LogP contribution >= 0.6 is 0 Å². The number of benzene rings is 3. The van der Waals surface area contributed by atoms with Crippen LogP contribution in [0.15, 0.2) is 77.7 Å². The Morgan fingerprint density at radius 2 is 1.61 bits per heavy atom. The lowest BCUT2D eigenvalue weighted by atomic mass is 10.0. The van der Waals surface area contributed by atoms with E-state index in [-0.39, 0.29) is 17.1 Å². The van der Waals surface area contributed by atoms with E-state index in [0.29, 0.717) is 22.8 Å². The predicted octanol–water partition coefficient (Wildman–Crippen LogP) is 4.35. The summed E-state index contributed by atoms with van der Waals surface area (Å²) in [6.45, 7) is 4.24. The van der Waals surface area contributed by atoms with Gasteiger partial charge in [0.1, 0.15) is 17.2 Å². The first kappa shape index (κ1) is 25.0. The Bertz CT molecular complexity index is 1490. The standard InChI is InChI=1S/C27H27N3O5S/c1-18-9-8-10-19(2)23(18)17-30-25(27(31)29-36(32,33)21-11-6-5-7-12-21)16-24(28-30)22-15-20(34-3)13-14-26(22)35-4/h5-16H,17H2,1-4H3,(H,29,31). The lowest BCUT2D eigenvalue weighted by molar-refractivity contribution is 0.0971. The molecule has 4 aromatic rings. The summed E-state index contributed by atoms with van der Waals surface area (Å²) < 4.78 is 40.3. The van der Waals surface area contributed by atoms with Gasteiger partial charge in [0.2, 0.25) is 0 Å². The van der Waals surface area contributed by atoms with Gasteiger partial charge in [-0.3, -0.25) is 9.48 Å². The molecule has 1 amide bonds. The summed E-state index contributed by atoms with van der Waals surface area (Å²) in [5.41, 5.74) is 4.21. The highest BCUT2D eigenvalue weighted by Crippen LogP contribution is 2.33. The molecule has 0 aliphatic carbocycles. The largest absolute Gasteiger partial charge is 0.497 e. The summed E-state index contributed by atoms with van der Waals surface area (Å²) in [5, 5.41) is 4.69. The molecule has 8 nitrogen and oxygen atoms in total. The van der Waals surface area contributed by atoms with Gasteiger partial charge in [-0.15, -0.1) is 0 Å². The molecule has 0 fully saturated rings. The fourth-order valence-electron chi connectivity index (χ4n) is 3.95. The van der Waals surface area contributed by atoms with Gasteiger partial charge >= 0.3 is 0 Å². The molecule has 0 bridgehead atoms. The number of nitrogens with one attached hydrogen (secondary N) is 1. The normalized spacial score (nSPS) is 11.2. The number of amides is 1. The lowest BCUT2D eigenvalue weighted by Gasteiger charge is -2.13. The SMILES string of the molecule is COc1ccc(OC)c(-c2cc(C(=O)NS(=O)(=O)c3ccccc3)n(Cc3c(C)cccc3C)n2)c1. The number of methoxy groups -OCH3 is 2. The third-order valence-corrected chi connectivity index (χ3v) is 7.28. The number of rotatable bonds is 8. The van der Waals surface area contributed by atoms with E-state index in [9.17, 15) is 13.2 Å². The van der Waals surface area contributed by atoms with Crippen molar-refractivity contribution in [2.75, 3.05) is 14.2 Å². The molecule has 3 aromatic carbocycles. The van der Waals surface area contributed by atoms with E-state index in [4.69, 9.17) is 14.6 Å².